The Balaban J connectivity index is 2.88. The van der Waals surface area contributed by atoms with E-state index in [-0.39, 0.29) is 0 Å². The van der Waals surface area contributed by atoms with Crippen LogP contribution in [-0.4, -0.2) is 15.3 Å². The predicted octanol–water partition coefficient (Wildman–Crippen LogP) is 0.143. The van der Waals surface area contributed by atoms with Gasteiger partial charge < -0.3 is 5.11 Å². The largest absolute Gasteiger partial charge is 0.376 e. The van der Waals surface area contributed by atoms with Gasteiger partial charge in [-0.3, -0.25) is 0 Å². The van der Waals surface area contributed by atoms with E-state index in [2.05, 4.69) is 16.1 Å². The SMILES string of the molecule is C#CC(O)c1ccnnc1. The number of aliphatic hydroxyl groups excluding tert-OH is 1. The number of hydrogen-bond acceptors (Lipinski definition) is 3. The van der Waals surface area contributed by atoms with Gasteiger partial charge in [-0.25, -0.2) is 0 Å². The maximum Gasteiger partial charge on any atom is 0.141 e. The lowest BCUT2D eigenvalue weighted by Gasteiger charge is -1.98. The molecule has 0 bridgehead atoms. The molecule has 0 aliphatic heterocycles. The Labute approximate surface area is 58.7 Å². The molecule has 0 radical (unpaired) electrons. The normalized spacial score (nSPS) is 12.0. The first-order valence-corrected chi connectivity index (χ1v) is 2.75. The van der Waals surface area contributed by atoms with Gasteiger partial charge >= 0.3 is 0 Å². The molecule has 3 heteroatoms. The molecule has 10 heavy (non-hydrogen) atoms. The van der Waals surface area contributed by atoms with Crippen molar-refractivity contribution in [1.82, 2.24) is 10.2 Å². The van der Waals surface area contributed by atoms with E-state index in [1.807, 2.05) is 0 Å². The van der Waals surface area contributed by atoms with E-state index in [0.29, 0.717) is 5.56 Å². The van der Waals surface area contributed by atoms with Gasteiger partial charge in [0.25, 0.3) is 0 Å². The summed E-state index contributed by atoms with van der Waals surface area (Å²) in [4.78, 5) is 0. The van der Waals surface area contributed by atoms with E-state index in [4.69, 9.17) is 11.5 Å². The minimum absolute atomic E-state index is 0.595. The van der Waals surface area contributed by atoms with Crippen LogP contribution < -0.4 is 0 Å². The molecule has 0 aliphatic carbocycles. The van der Waals surface area contributed by atoms with Crippen LogP contribution in [0.2, 0.25) is 0 Å². The van der Waals surface area contributed by atoms with Crippen molar-refractivity contribution in [1.29, 1.82) is 0 Å². The Bertz CT molecular complexity index is 240. The number of rotatable bonds is 1. The van der Waals surface area contributed by atoms with Crippen molar-refractivity contribution in [2.24, 2.45) is 0 Å². The third-order valence-corrected chi connectivity index (χ3v) is 1.08. The molecule has 0 saturated heterocycles. The van der Waals surface area contributed by atoms with Gasteiger partial charge in [-0.15, -0.1) is 6.42 Å². The van der Waals surface area contributed by atoms with E-state index in [1.165, 1.54) is 12.4 Å². The molecule has 1 N–H and O–H groups in total. The number of terminal acetylenes is 1. The average Bonchev–Trinajstić information content (AvgIpc) is 2.05. The summed E-state index contributed by atoms with van der Waals surface area (Å²) >= 11 is 0. The Morgan fingerprint density at radius 1 is 1.60 bits per heavy atom. The van der Waals surface area contributed by atoms with Gasteiger partial charge in [-0.1, -0.05) is 5.92 Å². The fourth-order valence-electron chi connectivity index (χ4n) is 0.559. The van der Waals surface area contributed by atoms with Gasteiger partial charge in [0.2, 0.25) is 0 Å². The Kier molecular flexibility index (Phi) is 1.98. The van der Waals surface area contributed by atoms with E-state index >= 15 is 0 Å². The van der Waals surface area contributed by atoms with Gasteiger partial charge in [-0.2, -0.15) is 10.2 Å². The standard InChI is InChI=1S/C7H6N2O/c1-2-7(10)6-3-4-8-9-5-6/h1,3-5,7,10H. The van der Waals surface area contributed by atoms with Crippen molar-refractivity contribution in [3.05, 3.63) is 24.0 Å². The van der Waals surface area contributed by atoms with Crippen LogP contribution in [0.15, 0.2) is 18.5 Å². The van der Waals surface area contributed by atoms with E-state index in [9.17, 15) is 0 Å². The van der Waals surface area contributed by atoms with Crippen molar-refractivity contribution in [2.75, 3.05) is 0 Å². The molecule has 0 spiro atoms. The summed E-state index contributed by atoms with van der Waals surface area (Å²) < 4.78 is 0. The van der Waals surface area contributed by atoms with Crippen molar-refractivity contribution in [3.63, 3.8) is 0 Å². The number of aliphatic hydroxyl groups is 1. The van der Waals surface area contributed by atoms with Gasteiger partial charge in [0.15, 0.2) is 0 Å². The fourth-order valence-corrected chi connectivity index (χ4v) is 0.559. The lowest BCUT2D eigenvalue weighted by Crippen LogP contribution is -1.94. The molecule has 1 aromatic heterocycles. The van der Waals surface area contributed by atoms with Gasteiger partial charge in [0.1, 0.15) is 6.10 Å². The summed E-state index contributed by atoms with van der Waals surface area (Å²) in [6.07, 6.45) is 7.01. The highest BCUT2D eigenvalue weighted by Gasteiger charge is 2.00. The van der Waals surface area contributed by atoms with E-state index in [0.717, 1.165) is 0 Å². The number of hydrogen-bond donors (Lipinski definition) is 1. The third-order valence-electron chi connectivity index (χ3n) is 1.08. The minimum Gasteiger partial charge on any atom is -0.376 e. The first-order valence-electron chi connectivity index (χ1n) is 2.75. The first-order chi connectivity index (χ1) is 4.84. The van der Waals surface area contributed by atoms with Crippen molar-refractivity contribution < 1.29 is 5.11 Å². The predicted molar refractivity (Wildman–Crippen MR) is 35.8 cm³/mol. The van der Waals surface area contributed by atoms with Crippen LogP contribution in [-0.2, 0) is 0 Å². The highest BCUT2D eigenvalue weighted by Crippen LogP contribution is 2.06. The van der Waals surface area contributed by atoms with Crippen molar-refractivity contribution >= 4 is 0 Å². The zero-order chi connectivity index (χ0) is 7.40. The van der Waals surface area contributed by atoms with Gasteiger partial charge in [0.05, 0.1) is 6.20 Å². The molecular weight excluding hydrogens is 128 g/mol. The highest BCUT2D eigenvalue weighted by atomic mass is 16.3. The van der Waals surface area contributed by atoms with Crippen LogP contribution >= 0.6 is 0 Å². The van der Waals surface area contributed by atoms with Crippen LogP contribution in [0.3, 0.4) is 0 Å². The fraction of sp³-hybridized carbons (Fsp3) is 0.143. The zero-order valence-electron chi connectivity index (χ0n) is 5.23. The van der Waals surface area contributed by atoms with E-state index < -0.39 is 6.10 Å². The van der Waals surface area contributed by atoms with Crippen LogP contribution in [0.1, 0.15) is 11.7 Å². The third kappa shape index (κ3) is 1.30. The molecule has 0 aromatic carbocycles. The lowest BCUT2D eigenvalue weighted by molar-refractivity contribution is 0.238. The maximum atomic E-state index is 9.03. The van der Waals surface area contributed by atoms with Crippen molar-refractivity contribution in [2.45, 2.75) is 6.10 Å². The molecule has 50 valence electrons. The molecule has 0 saturated carbocycles. The molecular formula is C7H6N2O. The molecule has 1 heterocycles. The molecule has 1 rings (SSSR count). The first kappa shape index (κ1) is 6.72. The molecule has 0 aliphatic rings. The second-order valence-electron chi connectivity index (χ2n) is 1.74. The molecule has 1 unspecified atom stereocenters. The zero-order valence-corrected chi connectivity index (χ0v) is 5.23. The quantitative estimate of drug-likeness (QED) is 0.556. The number of nitrogens with zero attached hydrogens (tertiary/aromatic N) is 2. The summed E-state index contributed by atoms with van der Waals surface area (Å²) in [5.74, 6) is 2.17. The summed E-state index contributed by atoms with van der Waals surface area (Å²) in [5, 5.41) is 16.1. The highest BCUT2D eigenvalue weighted by molar-refractivity contribution is 5.17. The topological polar surface area (TPSA) is 46.0 Å². The number of aromatic nitrogens is 2. The van der Waals surface area contributed by atoms with Crippen LogP contribution in [0.25, 0.3) is 0 Å². The van der Waals surface area contributed by atoms with Crippen LogP contribution in [0, 0.1) is 12.3 Å². The summed E-state index contributed by atoms with van der Waals surface area (Å²) in [6, 6.07) is 1.62. The minimum atomic E-state index is -0.865. The van der Waals surface area contributed by atoms with Gasteiger partial charge in [-0.05, 0) is 6.07 Å². The monoisotopic (exact) mass is 134 g/mol. The summed E-state index contributed by atoms with van der Waals surface area (Å²) in [6.45, 7) is 0. The Morgan fingerprint density at radius 2 is 2.40 bits per heavy atom. The molecule has 0 fully saturated rings. The smallest absolute Gasteiger partial charge is 0.141 e. The maximum absolute atomic E-state index is 9.03. The second kappa shape index (κ2) is 2.95. The summed E-state index contributed by atoms with van der Waals surface area (Å²) in [5.41, 5.74) is 0.595. The summed E-state index contributed by atoms with van der Waals surface area (Å²) in [7, 11) is 0. The average molecular weight is 134 g/mol. The molecule has 1 atom stereocenters. The Hall–Kier alpha value is -1.40. The molecule has 1 aromatic rings. The van der Waals surface area contributed by atoms with E-state index in [1.54, 1.807) is 6.07 Å². The van der Waals surface area contributed by atoms with Crippen LogP contribution in [0.5, 0.6) is 0 Å². The van der Waals surface area contributed by atoms with Crippen molar-refractivity contribution in [3.8, 4) is 12.3 Å². The van der Waals surface area contributed by atoms with Crippen LogP contribution in [0.4, 0.5) is 0 Å². The molecule has 0 amide bonds. The second-order valence-corrected chi connectivity index (χ2v) is 1.74. The Morgan fingerprint density at radius 3 is 2.90 bits per heavy atom. The van der Waals surface area contributed by atoms with Gasteiger partial charge in [0, 0.05) is 11.8 Å². The molecule has 3 nitrogen and oxygen atoms in total. The lowest BCUT2D eigenvalue weighted by atomic mass is 10.2.